The lowest BCUT2D eigenvalue weighted by Crippen LogP contribution is -2.52. The van der Waals surface area contributed by atoms with Gasteiger partial charge >= 0.3 is 5.91 Å². The number of benzene rings is 2. The molecule has 1 fully saturated rings. The molecule has 2 aromatic carbocycles. The topological polar surface area (TPSA) is 82.2 Å². The maximum Gasteiger partial charge on any atom is 0.300 e. The summed E-state index contributed by atoms with van der Waals surface area (Å²) in [4.78, 5) is 42.8. The number of rotatable bonds is 6. The van der Waals surface area contributed by atoms with Crippen LogP contribution in [0.4, 0.5) is 11.4 Å². The normalized spacial score (nSPS) is 17.0. The van der Waals surface area contributed by atoms with Gasteiger partial charge in [0.15, 0.2) is 0 Å². The first kappa shape index (κ1) is 21.3. The number of piperazine rings is 1. The zero-order chi connectivity index (χ0) is 22.0. The molecule has 1 saturated heterocycles. The maximum atomic E-state index is 12.5. The van der Waals surface area contributed by atoms with Gasteiger partial charge in [-0.25, -0.2) is 0 Å². The molecule has 0 bridgehead atoms. The number of halogens is 1. The van der Waals surface area contributed by atoms with Crippen molar-refractivity contribution in [1.29, 1.82) is 0 Å². The Morgan fingerprint density at radius 3 is 2.48 bits per heavy atom. The number of fused-ring (bicyclic) bond motifs is 1. The Morgan fingerprint density at radius 1 is 1.06 bits per heavy atom. The van der Waals surface area contributed by atoms with E-state index in [1.54, 1.807) is 37.4 Å². The van der Waals surface area contributed by atoms with E-state index >= 15 is 0 Å². The molecule has 2 aliphatic heterocycles. The molecule has 0 unspecified atom stereocenters. The quantitative estimate of drug-likeness (QED) is 0.690. The van der Waals surface area contributed by atoms with E-state index in [0.29, 0.717) is 60.6 Å². The van der Waals surface area contributed by atoms with Crippen molar-refractivity contribution < 1.29 is 19.1 Å². The predicted molar refractivity (Wildman–Crippen MR) is 118 cm³/mol. The standard InChI is InChI=1S/C22H23ClN4O4/c1-31-15-6-7-16-19(12-15)27(22(30)21(16)29)14-26-10-8-25(9-11-26)13-20(28)24-18-5-3-2-4-17(18)23/h2-7,12H,8-11,13-14H2,1H3,(H,24,28). The smallest absolute Gasteiger partial charge is 0.300 e. The van der Waals surface area contributed by atoms with Gasteiger partial charge in [0.2, 0.25) is 5.91 Å². The third-order valence-electron chi connectivity index (χ3n) is 5.50. The molecule has 2 aliphatic rings. The van der Waals surface area contributed by atoms with Crippen LogP contribution in [0.1, 0.15) is 10.4 Å². The summed E-state index contributed by atoms with van der Waals surface area (Å²) in [6, 6.07) is 12.1. The van der Waals surface area contributed by atoms with Crippen molar-refractivity contribution in [2.45, 2.75) is 0 Å². The maximum absolute atomic E-state index is 12.5. The van der Waals surface area contributed by atoms with E-state index in [1.165, 1.54) is 4.90 Å². The molecule has 31 heavy (non-hydrogen) atoms. The van der Waals surface area contributed by atoms with Gasteiger partial charge in [0.05, 0.1) is 42.3 Å². The summed E-state index contributed by atoms with van der Waals surface area (Å²) in [5.41, 5.74) is 1.58. The zero-order valence-corrected chi connectivity index (χ0v) is 17.9. The average molecular weight is 443 g/mol. The van der Waals surface area contributed by atoms with Crippen LogP contribution >= 0.6 is 11.6 Å². The van der Waals surface area contributed by atoms with Gasteiger partial charge < -0.3 is 10.1 Å². The van der Waals surface area contributed by atoms with Gasteiger partial charge in [0.25, 0.3) is 5.78 Å². The Kier molecular flexibility index (Phi) is 6.22. The van der Waals surface area contributed by atoms with Crippen molar-refractivity contribution in [2.24, 2.45) is 0 Å². The van der Waals surface area contributed by atoms with Crippen molar-refractivity contribution in [3.05, 3.63) is 53.1 Å². The van der Waals surface area contributed by atoms with E-state index < -0.39 is 11.7 Å². The number of carbonyl (C=O) groups excluding carboxylic acids is 3. The number of ether oxygens (including phenoxy) is 1. The SMILES string of the molecule is COc1ccc2c(c1)N(CN1CCN(CC(=O)Nc3ccccc3Cl)CC1)C(=O)C2=O. The highest BCUT2D eigenvalue weighted by Gasteiger charge is 2.37. The molecular formula is C22H23ClN4O4. The van der Waals surface area contributed by atoms with Crippen LogP contribution in [0.15, 0.2) is 42.5 Å². The monoisotopic (exact) mass is 442 g/mol. The Hall–Kier alpha value is -2.94. The third kappa shape index (κ3) is 4.56. The number of nitrogens with zero attached hydrogens (tertiary/aromatic N) is 3. The molecule has 2 amide bonds. The molecule has 2 aromatic rings. The van der Waals surface area contributed by atoms with Crippen molar-refractivity contribution >= 4 is 40.6 Å². The fraction of sp³-hybridized carbons (Fsp3) is 0.318. The number of Topliss-reactive ketones (excluding diaryl/α,β-unsaturated/α-hetero) is 1. The van der Waals surface area contributed by atoms with Gasteiger partial charge in [0.1, 0.15) is 5.75 Å². The van der Waals surface area contributed by atoms with E-state index in [2.05, 4.69) is 15.1 Å². The largest absolute Gasteiger partial charge is 0.497 e. The molecule has 4 rings (SSSR count). The summed E-state index contributed by atoms with van der Waals surface area (Å²) in [6.07, 6.45) is 0. The molecule has 0 radical (unpaired) electrons. The predicted octanol–water partition coefficient (Wildman–Crippen LogP) is 2.09. The number of para-hydroxylation sites is 1. The van der Waals surface area contributed by atoms with Crippen LogP contribution in [0.3, 0.4) is 0 Å². The number of hydrogen-bond acceptors (Lipinski definition) is 6. The average Bonchev–Trinajstić information content (AvgIpc) is 3.01. The fourth-order valence-electron chi connectivity index (χ4n) is 3.79. The number of amides is 2. The first-order valence-electron chi connectivity index (χ1n) is 9.99. The summed E-state index contributed by atoms with van der Waals surface area (Å²) in [6.45, 7) is 3.30. The van der Waals surface area contributed by atoms with Gasteiger partial charge in [-0.15, -0.1) is 0 Å². The van der Waals surface area contributed by atoms with Crippen molar-refractivity contribution in [3.8, 4) is 5.75 Å². The lowest BCUT2D eigenvalue weighted by atomic mass is 10.1. The highest BCUT2D eigenvalue weighted by molar-refractivity contribution is 6.52. The molecule has 8 nitrogen and oxygen atoms in total. The summed E-state index contributed by atoms with van der Waals surface area (Å²) < 4.78 is 5.23. The Bertz CT molecular complexity index is 1020. The number of hydrogen-bond donors (Lipinski definition) is 1. The molecule has 0 saturated carbocycles. The molecule has 0 aliphatic carbocycles. The van der Waals surface area contributed by atoms with Crippen LogP contribution in [-0.2, 0) is 9.59 Å². The second-order valence-corrected chi connectivity index (χ2v) is 7.92. The molecule has 0 aromatic heterocycles. The van der Waals surface area contributed by atoms with Crippen molar-refractivity contribution in [2.75, 3.05) is 56.7 Å². The molecule has 9 heteroatoms. The molecule has 0 atom stereocenters. The van der Waals surface area contributed by atoms with Gasteiger partial charge in [-0.05, 0) is 24.3 Å². The number of anilines is 2. The van der Waals surface area contributed by atoms with Crippen LogP contribution in [0.25, 0.3) is 0 Å². The lowest BCUT2D eigenvalue weighted by Gasteiger charge is -2.36. The number of carbonyl (C=O) groups is 3. The minimum absolute atomic E-state index is 0.122. The molecule has 162 valence electrons. The number of methoxy groups -OCH3 is 1. The van der Waals surface area contributed by atoms with E-state index in [9.17, 15) is 14.4 Å². The minimum atomic E-state index is -0.523. The Labute approximate surface area is 185 Å². The first-order valence-corrected chi connectivity index (χ1v) is 10.4. The summed E-state index contributed by atoms with van der Waals surface area (Å²) in [5, 5.41) is 3.33. The first-order chi connectivity index (χ1) is 15.0. The summed E-state index contributed by atoms with van der Waals surface area (Å²) in [7, 11) is 1.55. The molecule has 1 N–H and O–H groups in total. The lowest BCUT2D eigenvalue weighted by molar-refractivity contribution is -0.117. The van der Waals surface area contributed by atoms with Crippen LogP contribution in [0, 0.1) is 0 Å². The van der Waals surface area contributed by atoms with Gasteiger partial charge in [-0.3, -0.25) is 29.1 Å². The van der Waals surface area contributed by atoms with E-state index in [4.69, 9.17) is 16.3 Å². The van der Waals surface area contributed by atoms with Crippen molar-refractivity contribution in [1.82, 2.24) is 9.80 Å². The Morgan fingerprint density at radius 2 is 1.77 bits per heavy atom. The number of ketones is 1. The third-order valence-corrected chi connectivity index (χ3v) is 5.83. The zero-order valence-electron chi connectivity index (χ0n) is 17.1. The van der Waals surface area contributed by atoms with Crippen molar-refractivity contribution in [3.63, 3.8) is 0 Å². The van der Waals surface area contributed by atoms with Crippen LogP contribution in [0.5, 0.6) is 5.75 Å². The van der Waals surface area contributed by atoms with E-state index in [-0.39, 0.29) is 12.5 Å². The number of nitrogens with one attached hydrogen (secondary N) is 1. The second-order valence-electron chi connectivity index (χ2n) is 7.51. The second kappa shape index (κ2) is 9.05. The molecule has 2 heterocycles. The van der Waals surface area contributed by atoms with Gasteiger partial charge in [-0.1, -0.05) is 23.7 Å². The van der Waals surface area contributed by atoms with E-state index in [1.807, 2.05) is 12.1 Å². The van der Waals surface area contributed by atoms with Crippen LogP contribution in [-0.4, -0.2) is 73.9 Å². The fourth-order valence-corrected chi connectivity index (χ4v) is 3.97. The van der Waals surface area contributed by atoms with Gasteiger partial charge in [0, 0.05) is 32.2 Å². The summed E-state index contributed by atoms with van der Waals surface area (Å²) in [5.74, 6) is -0.541. The highest BCUT2D eigenvalue weighted by atomic mass is 35.5. The van der Waals surface area contributed by atoms with Gasteiger partial charge in [-0.2, -0.15) is 0 Å². The Balaban J connectivity index is 1.32. The van der Waals surface area contributed by atoms with E-state index in [0.717, 1.165) is 0 Å². The molecular weight excluding hydrogens is 420 g/mol. The molecule has 0 spiro atoms. The minimum Gasteiger partial charge on any atom is -0.497 e. The van der Waals surface area contributed by atoms with Crippen LogP contribution in [0.2, 0.25) is 5.02 Å². The van der Waals surface area contributed by atoms with Crippen LogP contribution < -0.4 is 15.0 Å². The summed E-state index contributed by atoms with van der Waals surface area (Å²) >= 11 is 6.09. The highest BCUT2D eigenvalue weighted by Crippen LogP contribution is 2.32.